The Labute approximate surface area is 177 Å². The van der Waals surface area contributed by atoms with E-state index in [0.717, 1.165) is 18.4 Å². The van der Waals surface area contributed by atoms with Gasteiger partial charge in [0, 0.05) is 32.5 Å². The van der Waals surface area contributed by atoms with Crippen LogP contribution >= 0.6 is 0 Å². The van der Waals surface area contributed by atoms with Crippen LogP contribution in [0.15, 0.2) is 43.0 Å². The highest BCUT2D eigenvalue weighted by atomic mass is 16.6. The topological polar surface area (TPSA) is 87.7 Å². The molecule has 1 aromatic rings. The first-order valence-corrected chi connectivity index (χ1v) is 10.5. The predicted octanol–water partition coefficient (Wildman–Crippen LogP) is 2.76. The quantitative estimate of drug-likeness (QED) is 0.702. The van der Waals surface area contributed by atoms with Crippen molar-refractivity contribution < 1.29 is 19.1 Å². The molecule has 7 nitrogen and oxygen atoms in total. The fraction of sp³-hybridized carbons (Fsp3) is 0.522. The standard InChI is InChI=1S/C23H31N3O4/c1-4-9-19-14-22(16-23(19,20(28)24-3)25-17(2)27)12-8-13-26(22)21(29)30-15-18-10-6-5-7-11-18/h4-7,10-11,19H,1,8-9,12-16H2,2-3H3,(H,24,28)(H,25,27). The number of rotatable bonds is 6. The Morgan fingerprint density at radius 1 is 1.30 bits per heavy atom. The van der Waals surface area contributed by atoms with E-state index >= 15 is 0 Å². The van der Waals surface area contributed by atoms with Crippen LogP contribution in [-0.2, 0) is 20.9 Å². The predicted molar refractivity (Wildman–Crippen MR) is 113 cm³/mol. The molecule has 1 aliphatic carbocycles. The van der Waals surface area contributed by atoms with Crippen molar-refractivity contribution in [3.63, 3.8) is 0 Å². The molecule has 3 unspecified atom stereocenters. The Balaban J connectivity index is 1.85. The number of hydrogen-bond donors (Lipinski definition) is 2. The van der Waals surface area contributed by atoms with Crippen molar-refractivity contribution in [1.29, 1.82) is 0 Å². The maximum Gasteiger partial charge on any atom is 0.410 e. The maximum atomic E-state index is 13.0. The lowest BCUT2D eigenvalue weighted by molar-refractivity contribution is -0.134. The fourth-order valence-corrected chi connectivity index (χ4v) is 5.28. The summed E-state index contributed by atoms with van der Waals surface area (Å²) in [6.07, 6.45) is 4.58. The largest absolute Gasteiger partial charge is 0.445 e. The summed E-state index contributed by atoms with van der Waals surface area (Å²) in [6.45, 7) is 6.04. The first kappa shape index (κ1) is 21.9. The molecule has 1 aliphatic heterocycles. The van der Waals surface area contributed by atoms with Gasteiger partial charge in [-0.15, -0.1) is 6.58 Å². The van der Waals surface area contributed by atoms with Crippen LogP contribution in [-0.4, -0.2) is 47.5 Å². The van der Waals surface area contributed by atoms with Crippen molar-refractivity contribution in [3.05, 3.63) is 48.6 Å². The molecular formula is C23H31N3O4. The van der Waals surface area contributed by atoms with E-state index < -0.39 is 11.1 Å². The van der Waals surface area contributed by atoms with Crippen molar-refractivity contribution in [3.8, 4) is 0 Å². The second-order valence-corrected chi connectivity index (χ2v) is 8.35. The summed E-state index contributed by atoms with van der Waals surface area (Å²) in [5.41, 5.74) is -0.666. The molecule has 7 heteroatoms. The van der Waals surface area contributed by atoms with Crippen LogP contribution in [0.3, 0.4) is 0 Å². The molecule has 0 aromatic heterocycles. The number of likely N-dealkylation sites (N-methyl/N-ethyl adjacent to an activating group) is 1. The Morgan fingerprint density at radius 2 is 2.03 bits per heavy atom. The molecule has 2 fully saturated rings. The summed E-state index contributed by atoms with van der Waals surface area (Å²) in [5.74, 6) is -0.645. The molecule has 0 bridgehead atoms. The van der Waals surface area contributed by atoms with Crippen LogP contribution in [0.2, 0.25) is 0 Å². The van der Waals surface area contributed by atoms with Crippen molar-refractivity contribution in [2.45, 2.75) is 56.7 Å². The minimum atomic E-state index is -1.07. The van der Waals surface area contributed by atoms with E-state index in [2.05, 4.69) is 17.2 Å². The van der Waals surface area contributed by atoms with Gasteiger partial charge < -0.3 is 20.3 Å². The fourth-order valence-electron chi connectivity index (χ4n) is 5.28. The van der Waals surface area contributed by atoms with E-state index in [1.54, 1.807) is 18.0 Å². The Hall–Kier alpha value is -2.83. The van der Waals surface area contributed by atoms with E-state index in [1.807, 2.05) is 30.3 Å². The lowest BCUT2D eigenvalue weighted by Crippen LogP contribution is -2.61. The first-order chi connectivity index (χ1) is 14.4. The average molecular weight is 414 g/mol. The number of ether oxygens (including phenoxy) is 1. The smallest absolute Gasteiger partial charge is 0.410 e. The molecule has 1 saturated heterocycles. The van der Waals surface area contributed by atoms with Gasteiger partial charge in [0.1, 0.15) is 12.1 Å². The molecule has 30 heavy (non-hydrogen) atoms. The van der Waals surface area contributed by atoms with Gasteiger partial charge >= 0.3 is 6.09 Å². The Bertz CT molecular complexity index is 812. The van der Waals surface area contributed by atoms with Gasteiger partial charge in [0.05, 0.1) is 0 Å². The molecule has 1 saturated carbocycles. The molecule has 2 N–H and O–H groups in total. The number of benzene rings is 1. The summed E-state index contributed by atoms with van der Waals surface area (Å²) in [6, 6.07) is 9.55. The van der Waals surface area contributed by atoms with E-state index in [1.165, 1.54) is 6.92 Å². The molecule has 3 rings (SSSR count). The number of nitrogens with zero attached hydrogens (tertiary/aromatic N) is 1. The first-order valence-electron chi connectivity index (χ1n) is 10.5. The third-order valence-corrected chi connectivity index (χ3v) is 6.44. The highest BCUT2D eigenvalue weighted by Crippen LogP contribution is 2.52. The highest BCUT2D eigenvalue weighted by Gasteiger charge is 2.62. The number of amides is 3. The summed E-state index contributed by atoms with van der Waals surface area (Å²) < 4.78 is 5.61. The van der Waals surface area contributed by atoms with Gasteiger partial charge in [-0.2, -0.15) is 0 Å². The van der Waals surface area contributed by atoms with Crippen molar-refractivity contribution >= 4 is 17.9 Å². The number of carbonyl (C=O) groups is 3. The van der Waals surface area contributed by atoms with Crippen LogP contribution in [0.1, 0.15) is 44.6 Å². The third kappa shape index (κ3) is 4.06. The van der Waals surface area contributed by atoms with Crippen LogP contribution in [0.5, 0.6) is 0 Å². The van der Waals surface area contributed by atoms with Crippen molar-refractivity contribution in [1.82, 2.24) is 15.5 Å². The van der Waals surface area contributed by atoms with Gasteiger partial charge in [0.25, 0.3) is 0 Å². The maximum absolute atomic E-state index is 13.0. The van der Waals surface area contributed by atoms with Crippen LogP contribution in [0, 0.1) is 5.92 Å². The number of nitrogens with one attached hydrogen (secondary N) is 2. The molecule has 2 aliphatic rings. The van der Waals surface area contributed by atoms with Gasteiger partial charge in [0.15, 0.2) is 0 Å². The van der Waals surface area contributed by atoms with E-state index in [0.29, 0.717) is 25.8 Å². The second-order valence-electron chi connectivity index (χ2n) is 8.35. The summed E-state index contributed by atoms with van der Waals surface area (Å²) >= 11 is 0. The zero-order chi connectivity index (χ0) is 21.8. The minimum absolute atomic E-state index is 0.152. The lowest BCUT2D eigenvalue weighted by Gasteiger charge is -2.37. The zero-order valence-electron chi connectivity index (χ0n) is 17.8. The SMILES string of the molecule is C=CCC1CC2(CCCN2C(=O)OCc2ccccc2)CC1(NC(C)=O)C(=O)NC. The normalized spacial score (nSPS) is 27.7. The molecule has 3 amide bonds. The summed E-state index contributed by atoms with van der Waals surface area (Å²) in [7, 11) is 1.57. The van der Waals surface area contributed by atoms with Gasteiger partial charge in [-0.05, 0) is 37.2 Å². The molecule has 162 valence electrons. The molecule has 1 spiro atoms. The van der Waals surface area contributed by atoms with Gasteiger partial charge in [-0.1, -0.05) is 36.4 Å². The second kappa shape index (κ2) is 8.90. The van der Waals surface area contributed by atoms with Gasteiger partial charge in [-0.25, -0.2) is 4.79 Å². The average Bonchev–Trinajstić information content (AvgIpc) is 3.27. The molecule has 0 radical (unpaired) electrons. The monoisotopic (exact) mass is 413 g/mol. The summed E-state index contributed by atoms with van der Waals surface area (Å²) in [5, 5.41) is 5.65. The minimum Gasteiger partial charge on any atom is -0.445 e. The molecule has 1 aromatic carbocycles. The zero-order valence-corrected chi connectivity index (χ0v) is 17.8. The van der Waals surface area contributed by atoms with Crippen molar-refractivity contribution in [2.75, 3.05) is 13.6 Å². The van der Waals surface area contributed by atoms with Gasteiger partial charge in [-0.3, -0.25) is 9.59 Å². The Kier molecular flexibility index (Phi) is 6.48. The highest BCUT2D eigenvalue weighted by molar-refractivity contribution is 5.92. The Morgan fingerprint density at radius 3 is 2.67 bits per heavy atom. The van der Waals surface area contributed by atoms with E-state index in [9.17, 15) is 14.4 Å². The van der Waals surface area contributed by atoms with Crippen LogP contribution < -0.4 is 10.6 Å². The third-order valence-electron chi connectivity index (χ3n) is 6.44. The van der Waals surface area contributed by atoms with E-state index in [-0.39, 0.29) is 30.4 Å². The van der Waals surface area contributed by atoms with Crippen molar-refractivity contribution in [2.24, 2.45) is 5.92 Å². The lowest BCUT2D eigenvalue weighted by atomic mass is 9.83. The number of allylic oxidation sites excluding steroid dienone is 1. The number of carbonyl (C=O) groups excluding carboxylic acids is 3. The molecule has 3 atom stereocenters. The van der Waals surface area contributed by atoms with Crippen LogP contribution in [0.4, 0.5) is 4.79 Å². The number of hydrogen-bond acceptors (Lipinski definition) is 4. The van der Waals surface area contributed by atoms with Gasteiger partial charge in [0.2, 0.25) is 11.8 Å². The van der Waals surface area contributed by atoms with Crippen LogP contribution in [0.25, 0.3) is 0 Å². The molecule has 1 heterocycles. The van der Waals surface area contributed by atoms with E-state index in [4.69, 9.17) is 4.74 Å². The number of likely N-dealkylation sites (tertiary alicyclic amines) is 1. The summed E-state index contributed by atoms with van der Waals surface area (Å²) in [4.78, 5) is 39.8. The molecular weight excluding hydrogens is 382 g/mol.